The molecule has 0 radical (unpaired) electrons. The summed E-state index contributed by atoms with van der Waals surface area (Å²) >= 11 is 0. The van der Waals surface area contributed by atoms with Gasteiger partial charge in [-0.3, -0.25) is 14.6 Å². The van der Waals surface area contributed by atoms with Crippen LogP contribution in [-0.4, -0.2) is 45.2 Å². The topological polar surface area (TPSA) is 123 Å². The molecule has 0 spiro atoms. The molecule has 6 rings (SSSR count). The molecular formula is C32H28F3N5O4. The van der Waals surface area contributed by atoms with E-state index in [4.69, 9.17) is 9.47 Å². The highest BCUT2D eigenvalue weighted by atomic mass is 19.1. The number of ether oxygens (including phenoxy) is 2. The van der Waals surface area contributed by atoms with Crippen molar-refractivity contribution < 1.29 is 22.6 Å². The Morgan fingerprint density at radius 1 is 0.795 bits per heavy atom. The Morgan fingerprint density at radius 2 is 1.50 bits per heavy atom. The summed E-state index contributed by atoms with van der Waals surface area (Å²) in [6.07, 6.45) is 1.71. The van der Waals surface area contributed by atoms with Crippen molar-refractivity contribution >= 4 is 32.7 Å². The van der Waals surface area contributed by atoms with Crippen LogP contribution in [0.5, 0.6) is 5.75 Å². The number of halogens is 3. The lowest BCUT2D eigenvalue weighted by Gasteiger charge is -2.17. The molecule has 3 aromatic carbocycles. The Morgan fingerprint density at radius 3 is 2.23 bits per heavy atom. The van der Waals surface area contributed by atoms with E-state index in [0.717, 1.165) is 17.0 Å². The third kappa shape index (κ3) is 6.45. The quantitative estimate of drug-likeness (QED) is 0.239. The van der Waals surface area contributed by atoms with Crippen LogP contribution in [0.25, 0.3) is 44.1 Å². The lowest BCUT2D eigenvalue weighted by molar-refractivity contribution is 0.146. The number of nitrogens with zero attached hydrogens (tertiary/aromatic N) is 3. The van der Waals surface area contributed by atoms with Gasteiger partial charge in [0.15, 0.2) is 0 Å². The predicted molar refractivity (Wildman–Crippen MR) is 161 cm³/mol. The molecule has 12 heteroatoms. The molecule has 0 atom stereocenters. The van der Waals surface area contributed by atoms with Crippen LogP contribution >= 0.6 is 0 Å². The van der Waals surface area contributed by atoms with E-state index in [0.29, 0.717) is 35.6 Å². The van der Waals surface area contributed by atoms with E-state index in [1.54, 1.807) is 19.4 Å². The van der Waals surface area contributed by atoms with E-state index in [-0.39, 0.29) is 28.4 Å². The number of aromatic nitrogens is 5. The van der Waals surface area contributed by atoms with Crippen molar-refractivity contribution in [2.24, 2.45) is 0 Å². The van der Waals surface area contributed by atoms with E-state index < -0.39 is 34.0 Å². The van der Waals surface area contributed by atoms with E-state index in [1.165, 1.54) is 6.07 Å². The van der Waals surface area contributed by atoms with Crippen molar-refractivity contribution in [3.8, 4) is 17.1 Å². The fourth-order valence-electron chi connectivity index (χ4n) is 4.43. The summed E-state index contributed by atoms with van der Waals surface area (Å²) < 4.78 is 51.3. The number of H-pyrrole nitrogens is 2. The average molecular weight is 604 g/mol. The summed E-state index contributed by atoms with van der Waals surface area (Å²) in [6, 6.07) is 13.8. The molecule has 0 aliphatic rings. The van der Waals surface area contributed by atoms with Gasteiger partial charge < -0.3 is 19.4 Å². The Balaban J connectivity index is 0.000000195. The standard InChI is InChI=1S/C20H16FN3O3.C12H12F2N2O/c1-26-7-8-27-14-10-15(21)18-17(11-14)23-19(24-20(18)25)13-4-5-16-12(9-13)3-2-6-22-16;1-12(2,3)11-15-8-5-6(13)4-7(14)9(8)10(17)16-11/h2-6,9-11H,7-8H2,1H3,(H,23,24,25);4-5H,1-3H3,(H,15,16,17). The van der Waals surface area contributed by atoms with Crippen LogP contribution in [0.1, 0.15) is 26.6 Å². The molecule has 0 unspecified atom stereocenters. The van der Waals surface area contributed by atoms with Gasteiger partial charge in [-0.15, -0.1) is 0 Å². The Bertz CT molecular complexity index is 2120. The number of nitrogens with one attached hydrogen (secondary N) is 2. The summed E-state index contributed by atoms with van der Waals surface area (Å²) in [6.45, 7) is 6.21. The Hall–Kier alpha value is -5.10. The fraction of sp³-hybridized carbons (Fsp3) is 0.219. The van der Waals surface area contributed by atoms with Crippen LogP contribution in [0.2, 0.25) is 0 Å². The van der Waals surface area contributed by atoms with Crippen molar-refractivity contribution in [2.75, 3.05) is 20.3 Å². The molecule has 3 heterocycles. The van der Waals surface area contributed by atoms with Gasteiger partial charge >= 0.3 is 0 Å². The van der Waals surface area contributed by atoms with Gasteiger partial charge in [0.2, 0.25) is 0 Å². The number of hydrogen-bond donors (Lipinski definition) is 2. The van der Waals surface area contributed by atoms with Gasteiger partial charge in [0.25, 0.3) is 11.1 Å². The predicted octanol–water partition coefficient (Wildman–Crippen LogP) is 5.80. The molecule has 6 aromatic rings. The Kier molecular flexibility index (Phi) is 8.45. The van der Waals surface area contributed by atoms with Crippen molar-refractivity contribution in [2.45, 2.75) is 26.2 Å². The van der Waals surface area contributed by atoms with Gasteiger partial charge in [0.05, 0.1) is 23.2 Å². The second-order valence-corrected chi connectivity index (χ2v) is 10.9. The van der Waals surface area contributed by atoms with Gasteiger partial charge in [0.1, 0.15) is 52.2 Å². The zero-order valence-electron chi connectivity index (χ0n) is 24.3. The maximum atomic E-state index is 14.4. The van der Waals surface area contributed by atoms with Gasteiger partial charge in [0, 0.05) is 53.9 Å². The lowest BCUT2D eigenvalue weighted by atomic mass is 9.95. The van der Waals surface area contributed by atoms with Crippen molar-refractivity contribution in [3.63, 3.8) is 0 Å². The van der Waals surface area contributed by atoms with Crippen molar-refractivity contribution in [1.29, 1.82) is 0 Å². The number of methoxy groups -OCH3 is 1. The first-order valence-electron chi connectivity index (χ1n) is 13.5. The molecule has 9 nitrogen and oxygen atoms in total. The summed E-state index contributed by atoms with van der Waals surface area (Å²) in [7, 11) is 1.55. The highest BCUT2D eigenvalue weighted by Crippen LogP contribution is 2.25. The van der Waals surface area contributed by atoms with E-state index in [9.17, 15) is 22.8 Å². The number of aromatic amines is 2. The van der Waals surface area contributed by atoms with Crippen molar-refractivity contribution in [3.05, 3.63) is 105 Å². The molecule has 0 saturated carbocycles. The lowest BCUT2D eigenvalue weighted by Crippen LogP contribution is -2.22. The van der Waals surface area contributed by atoms with E-state index in [2.05, 4.69) is 24.9 Å². The van der Waals surface area contributed by atoms with Gasteiger partial charge in [-0.25, -0.2) is 23.1 Å². The third-order valence-electron chi connectivity index (χ3n) is 6.60. The molecule has 3 aromatic heterocycles. The van der Waals surface area contributed by atoms with Crippen LogP contribution in [-0.2, 0) is 10.2 Å². The van der Waals surface area contributed by atoms with Crippen LogP contribution in [0.3, 0.4) is 0 Å². The highest BCUT2D eigenvalue weighted by Gasteiger charge is 2.19. The van der Waals surface area contributed by atoms with Crippen LogP contribution in [0.15, 0.2) is 70.4 Å². The maximum Gasteiger partial charge on any atom is 0.262 e. The van der Waals surface area contributed by atoms with Gasteiger partial charge in [-0.2, -0.15) is 0 Å². The smallest absolute Gasteiger partial charge is 0.262 e. The number of benzene rings is 3. The second-order valence-electron chi connectivity index (χ2n) is 10.9. The van der Waals surface area contributed by atoms with E-state index >= 15 is 0 Å². The monoisotopic (exact) mass is 603 g/mol. The van der Waals surface area contributed by atoms with Crippen LogP contribution in [0, 0.1) is 17.5 Å². The summed E-state index contributed by atoms with van der Waals surface area (Å²) in [5.41, 5.74) is 0.295. The van der Waals surface area contributed by atoms with Crippen molar-refractivity contribution in [1.82, 2.24) is 24.9 Å². The first kappa shape index (κ1) is 30.4. The zero-order valence-corrected chi connectivity index (χ0v) is 24.3. The minimum absolute atomic E-state index is 0.0381. The SMILES string of the molecule is CC(C)(C)c1nc2cc(F)cc(F)c2c(=O)[nH]1.COCCOc1cc(F)c2c(=O)[nH]c(-c3ccc4ncccc4c3)nc2c1. The first-order valence-corrected chi connectivity index (χ1v) is 13.5. The fourth-order valence-corrected chi connectivity index (χ4v) is 4.43. The summed E-state index contributed by atoms with van der Waals surface area (Å²) in [5.74, 6) is -1.26. The third-order valence-corrected chi connectivity index (χ3v) is 6.60. The molecule has 226 valence electrons. The van der Waals surface area contributed by atoms with Crippen LogP contribution < -0.4 is 15.9 Å². The minimum Gasteiger partial charge on any atom is -0.491 e. The molecule has 0 aliphatic carbocycles. The molecule has 0 amide bonds. The molecule has 0 bridgehead atoms. The average Bonchev–Trinajstić information content (AvgIpc) is 2.96. The zero-order chi connectivity index (χ0) is 31.6. The van der Waals surface area contributed by atoms with Gasteiger partial charge in [-0.05, 0) is 24.3 Å². The van der Waals surface area contributed by atoms with Gasteiger partial charge in [-0.1, -0.05) is 26.8 Å². The normalized spacial score (nSPS) is 11.5. The molecule has 0 saturated heterocycles. The number of fused-ring (bicyclic) bond motifs is 3. The molecule has 2 N–H and O–H groups in total. The first-order chi connectivity index (χ1) is 20.9. The second kappa shape index (κ2) is 12.3. The molecule has 0 aliphatic heterocycles. The Labute approximate surface area is 248 Å². The number of rotatable bonds is 5. The highest BCUT2D eigenvalue weighted by molar-refractivity contribution is 5.85. The largest absolute Gasteiger partial charge is 0.491 e. The molecule has 44 heavy (non-hydrogen) atoms. The molecule has 0 fully saturated rings. The number of pyridine rings is 1. The summed E-state index contributed by atoms with van der Waals surface area (Å²) in [5, 5.41) is 0.611. The van der Waals surface area contributed by atoms with E-state index in [1.807, 2.05) is 51.1 Å². The summed E-state index contributed by atoms with van der Waals surface area (Å²) in [4.78, 5) is 42.1. The number of hydrogen-bond acceptors (Lipinski definition) is 7. The molecular weight excluding hydrogens is 575 g/mol. The maximum absolute atomic E-state index is 14.4. The van der Waals surface area contributed by atoms with Crippen LogP contribution in [0.4, 0.5) is 13.2 Å². The minimum atomic E-state index is -0.894.